The predicted octanol–water partition coefficient (Wildman–Crippen LogP) is 2.07. The molecule has 0 aliphatic carbocycles. The van der Waals surface area contributed by atoms with Crippen molar-refractivity contribution in [2.24, 2.45) is 0 Å². The van der Waals surface area contributed by atoms with E-state index in [2.05, 4.69) is 5.10 Å². The average Bonchev–Trinajstić information content (AvgIpc) is 3.05. The standard InChI is InChI=1S/C12H15F3N4O2S/c1-9(2)18-7-10(6-17-18)22(20,21)19-5-3-4-11(19,8-16)12(13,14)15/h6-7,9H,3-5H2,1-2H3. The molecule has 22 heavy (non-hydrogen) atoms. The maximum Gasteiger partial charge on any atom is 0.421 e. The summed E-state index contributed by atoms with van der Waals surface area (Å²) in [6.07, 6.45) is -3.36. The van der Waals surface area contributed by atoms with Crippen molar-refractivity contribution in [1.82, 2.24) is 14.1 Å². The molecule has 1 unspecified atom stereocenters. The molecule has 0 spiro atoms. The Balaban J connectivity index is 2.50. The average molecular weight is 336 g/mol. The van der Waals surface area contributed by atoms with Crippen LogP contribution in [0.5, 0.6) is 0 Å². The van der Waals surface area contributed by atoms with E-state index in [0.717, 1.165) is 6.20 Å². The highest BCUT2D eigenvalue weighted by molar-refractivity contribution is 7.89. The molecule has 1 aliphatic heterocycles. The molecule has 2 heterocycles. The molecule has 1 aliphatic rings. The summed E-state index contributed by atoms with van der Waals surface area (Å²) >= 11 is 0. The smallest absolute Gasteiger partial charge is 0.269 e. The zero-order valence-corrected chi connectivity index (χ0v) is 12.8. The molecule has 1 atom stereocenters. The molecule has 1 aromatic rings. The second-order valence-electron chi connectivity index (χ2n) is 5.40. The lowest BCUT2D eigenvalue weighted by atomic mass is 9.99. The van der Waals surface area contributed by atoms with Gasteiger partial charge in [-0.1, -0.05) is 0 Å². The normalized spacial score (nSPS) is 23.9. The van der Waals surface area contributed by atoms with Gasteiger partial charge in [-0.2, -0.15) is 27.8 Å². The Morgan fingerprint density at radius 2 is 2.09 bits per heavy atom. The van der Waals surface area contributed by atoms with E-state index in [9.17, 15) is 21.6 Å². The summed E-state index contributed by atoms with van der Waals surface area (Å²) in [5.41, 5.74) is -3.01. The van der Waals surface area contributed by atoms with Gasteiger partial charge in [-0.25, -0.2) is 8.42 Å². The van der Waals surface area contributed by atoms with Crippen molar-refractivity contribution in [3.05, 3.63) is 12.4 Å². The Bertz CT molecular complexity index is 705. The lowest BCUT2D eigenvalue weighted by Crippen LogP contribution is -2.56. The Morgan fingerprint density at radius 3 is 2.55 bits per heavy atom. The highest BCUT2D eigenvalue weighted by Gasteiger charge is 2.65. The third-order valence-corrected chi connectivity index (χ3v) is 5.56. The summed E-state index contributed by atoms with van der Waals surface area (Å²) in [5, 5.41) is 12.9. The van der Waals surface area contributed by atoms with Crippen LogP contribution >= 0.6 is 0 Å². The van der Waals surface area contributed by atoms with Gasteiger partial charge in [0.15, 0.2) is 0 Å². The topological polar surface area (TPSA) is 79.0 Å². The van der Waals surface area contributed by atoms with Crippen molar-refractivity contribution in [3.63, 3.8) is 0 Å². The van der Waals surface area contributed by atoms with Crippen LogP contribution in [0.1, 0.15) is 32.7 Å². The molecule has 0 bridgehead atoms. The summed E-state index contributed by atoms with van der Waals surface area (Å²) < 4.78 is 66.5. The molecule has 1 aromatic heterocycles. The van der Waals surface area contributed by atoms with Gasteiger partial charge in [0.2, 0.25) is 15.6 Å². The fraction of sp³-hybridized carbons (Fsp3) is 0.667. The van der Waals surface area contributed by atoms with E-state index in [1.165, 1.54) is 16.9 Å². The Kier molecular flexibility index (Phi) is 3.99. The van der Waals surface area contributed by atoms with Crippen LogP contribution in [0.3, 0.4) is 0 Å². The van der Waals surface area contributed by atoms with Crippen LogP contribution in [0, 0.1) is 11.3 Å². The molecule has 6 nitrogen and oxygen atoms in total. The number of aromatic nitrogens is 2. The lowest BCUT2D eigenvalue weighted by molar-refractivity contribution is -0.190. The zero-order valence-electron chi connectivity index (χ0n) is 12.0. The van der Waals surface area contributed by atoms with Crippen molar-refractivity contribution in [3.8, 4) is 6.07 Å². The first-order valence-electron chi connectivity index (χ1n) is 6.61. The molecule has 0 saturated carbocycles. The molecule has 1 saturated heterocycles. The molecular weight excluding hydrogens is 321 g/mol. The number of hydrogen-bond acceptors (Lipinski definition) is 4. The second kappa shape index (κ2) is 5.24. The summed E-state index contributed by atoms with van der Waals surface area (Å²) in [7, 11) is -4.45. The molecule has 0 aromatic carbocycles. The molecular formula is C12H15F3N4O2S. The van der Waals surface area contributed by atoms with Gasteiger partial charge in [-0.15, -0.1) is 0 Å². The van der Waals surface area contributed by atoms with E-state index >= 15 is 0 Å². The molecule has 0 N–H and O–H groups in total. The first kappa shape index (κ1) is 16.8. The number of hydrogen-bond donors (Lipinski definition) is 0. The molecule has 2 rings (SSSR count). The van der Waals surface area contributed by atoms with Crippen molar-refractivity contribution >= 4 is 10.0 Å². The summed E-state index contributed by atoms with van der Waals surface area (Å²) in [5.74, 6) is 0. The highest BCUT2D eigenvalue weighted by atomic mass is 32.2. The van der Waals surface area contributed by atoms with Crippen LogP contribution in [0.25, 0.3) is 0 Å². The van der Waals surface area contributed by atoms with Gasteiger partial charge in [0.05, 0.1) is 12.3 Å². The lowest BCUT2D eigenvalue weighted by Gasteiger charge is -2.32. The monoisotopic (exact) mass is 336 g/mol. The Hall–Kier alpha value is -1.60. The SMILES string of the molecule is CC(C)n1cc(S(=O)(=O)N2CCCC2(C#N)C(F)(F)F)cn1. The Morgan fingerprint density at radius 1 is 1.45 bits per heavy atom. The first-order chi connectivity index (χ1) is 10.1. The maximum absolute atomic E-state index is 13.3. The van der Waals surface area contributed by atoms with E-state index < -0.39 is 28.2 Å². The number of nitriles is 1. The number of rotatable bonds is 3. The maximum atomic E-state index is 13.3. The predicted molar refractivity (Wildman–Crippen MR) is 70.1 cm³/mol. The molecule has 0 radical (unpaired) electrons. The van der Waals surface area contributed by atoms with Gasteiger partial charge in [0.25, 0.3) is 0 Å². The number of alkyl halides is 3. The van der Waals surface area contributed by atoms with E-state index in [1.807, 2.05) is 0 Å². The van der Waals surface area contributed by atoms with Crippen molar-refractivity contribution in [1.29, 1.82) is 5.26 Å². The number of sulfonamides is 1. The second-order valence-corrected chi connectivity index (χ2v) is 7.26. The van der Waals surface area contributed by atoms with Crippen LogP contribution in [0.15, 0.2) is 17.3 Å². The first-order valence-corrected chi connectivity index (χ1v) is 8.05. The van der Waals surface area contributed by atoms with E-state index in [1.54, 1.807) is 13.8 Å². The minimum absolute atomic E-state index is 0.0232. The minimum atomic E-state index is -4.96. The summed E-state index contributed by atoms with van der Waals surface area (Å²) in [6, 6.07) is 1.03. The van der Waals surface area contributed by atoms with E-state index in [-0.39, 0.29) is 28.2 Å². The minimum Gasteiger partial charge on any atom is -0.269 e. The third kappa shape index (κ3) is 2.38. The summed E-state index contributed by atoms with van der Waals surface area (Å²) in [4.78, 5) is -0.341. The van der Waals surface area contributed by atoms with Gasteiger partial charge in [-0.05, 0) is 26.7 Å². The van der Waals surface area contributed by atoms with Crippen LogP contribution < -0.4 is 0 Å². The third-order valence-electron chi connectivity index (χ3n) is 3.67. The van der Waals surface area contributed by atoms with Crippen LogP contribution in [0.4, 0.5) is 13.2 Å². The Labute approximate surface area is 126 Å². The van der Waals surface area contributed by atoms with Gasteiger partial charge < -0.3 is 0 Å². The number of nitrogens with zero attached hydrogens (tertiary/aromatic N) is 4. The fourth-order valence-electron chi connectivity index (χ4n) is 2.44. The van der Waals surface area contributed by atoms with Gasteiger partial charge in [0, 0.05) is 18.8 Å². The van der Waals surface area contributed by atoms with Crippen LogP contribution in [-0.4, -0.2) is 40.8 Å². The molecule has 122 valence electrons. The van der Waals surface area contributed by atoms with Gasteiger partial charge >= 0.3 is 6.18 Å². The van der Waals surface area contributed by atoms with Crippen molar-refractivity contribution in [2.75, 3.05) is 6.54 Å². The molecule has 10 heteroatoms. The highest BCUT2D eigenvalue weighted by Crippen LogP contribution is 2.45. The van der Waals surface area contributed by atoms with E-state index in [0.29, 0.717) is 0 Å². The van der Waals surface area contributed by atoms with Crippen LogP contribution in [0.2, 0.25) is 0 Å². The largest absolute Gasteiger partial charge is 0.421 e. The number of halogens is 3. The van der Waals surface area contributed by atoms with Gasteiger partial charge in [-0.3, -0.25) is 4.68 Å². The quantitative estimate of drug-likeness (QED) is 0.846. The van der Waals surface area contributed by atoms with Crippen molar-refractivity contribution < 1.29 is 21.6 Å². The molecule has 0 amide bonds. The zero-order chi connectivity index (χ0) is 16.8. The van der Waals surface area contributed by atoms with E-state index in [4.69, 9.17) is 5.26 Å². The fourth-order valence-corrected chi connectivity index (χ4v) is 4.13. The molecule has 1 fully saturated rings. The summed E-state index contributed by atoms with van der Waals surface area (Å²) in [6.45, 7) is 3.17. The van der Waals surface area contributed by atoms with Gasteiger partial charge in [0.1, 0.15) is 4.90 Å². The van der Waals surface area contributed by atoms with Crippen molar-refractivity contribution in [2.45, 2.75) is 49.3 Å². The van der Waals surface area contributed by atoms with Crippen LogP contribution in [-0.2, 0) is 10.0 Å².